The molecule has 0 fully saturated rings. The van der Waals surface area contributed by atoms with Crippen molar-refractivity contribution in [2.75, 3.05) is 7.11 Å². The van der Waals surface area contributed by atoms with Gasteiger partial charge in [0.05, 0.1) is 19.2 Å². The van der Waals surface area contributed by atoms with Gasteiger partial charge in [-0.2, -0.15) is 0 Å². The number of halogens is 1. The molecule has 0 saturated heterocycles. The maximum atomic E-state index is 13.5. The van der Waals surface area contributed by atoms with Gasteiger partial charge in [-0.15, -0.1) is 0 Å². The van der Waals surface area contributed by atoms with Crippen LogP contribution in [-0.2, 0) is 20.9 Å². The summed E-state index contributed by atoms with van der Waals surface area (Å²) in [6.07, 6.45) is 0.726. The Balaban J connectivity index is 2.66. The lowest BCUT2D eigenvalue weighted by Gasteiger charge is -2.19. The SMILES string of the molecule is CCC(NC(=O)[C@@H](N)CC(C)C)C(=O)C(=O)NCc1cc(F)cc(OC)c1. The summed E-state index contributed by atoms with van der Waals surface area (Å²) in [5, 5.41) is 4.96. The Bertz CT molecular complexity index is 679. The van der Waals surface area contributed by atoms with E-state index in [0.717, 1.165) is 0 Å². The first-order valence-electron chi connectivity index (χ1n) is 8.89. The second-order valence-electron chi connectivity index (χ2n) is 6.75. The highest BCUT2D eigenvalue weighted by Crippen LogP contribution is 2.15. The van der Waals surface area contributed by atoms with Gasteiger partial charge in [0, 0.05) is 12.6 Å². The van der Waals surface area contributed by atoms with Crippen LogP contribution in [0.4, 0.5) is 4.39 Å². The predicted octanol–water partition coefficient (Wildman–Crippen LogP) is 1.29. The number of hydrogen-bond acceptors (Lipinski definition) is 5. The summed E-state index contributed by atoms with van der Waals surface area (Å²) in [6.45, 7) is 5.51. The maximum absolute atomic E-state index is 13.5. The predicted molar refractivity (Wildman–Crippen MR) is 99.5 cm³/mol. The fourth-order valence-electron chi connectivity index (χ4n) is 2.52. The van der Waals surface area contributed by atoms with Crippen molar-refractivity contribution in [1.82, 2.24) is 10.6 Å². The van der Waals surface area contributed by atoms with Crippen molar-refractivity contribution in [3.8, 4) is 5.75 Å². The Labute approximate surface area is 158 Å². The van der Waals surface area contributed by atoms with Gasteiger partial charge in [0.1, 0.15) is 11.6 Å². The van der Waals surface area contributed by atoms with Crippen molar-refractivity contribution in [2.24, 2.45) is 11.7 Å². The molecule has 150 valence electrons. The lowest BCUT2D eigenvalue weighted by molar-refractivity contribution is -0.140. The molecule has 0 aliphatic carbocycles. The van der Waals surface area contributed by atoms with Crippen LogP contribution in [0.1, 0.15) is 39.2 Å². The van der Waals surface area contributed by atoms with Gasteiger partial charge in [-0.05, 0) is 36.5 Å². The molecule has 0 aromatic heterocycles. The van der Waals surface area contributed by atoms with Crippen molar-refractivity contribution in [2.45, 2.75) is 52.2 Å². The van der Waals surface area contributed by atoms with E-state index in [1.165, 1.54) is 19.2 Å². The highest BCUT2D eigenvalue weighted by molar-refractivity contribution is 6.38. The Morgan fingerprint density at radius 2 is 1.89 bits per heavy atom. The van der Waals surface area contributed by atoms with Crippen molar-refractivity contribution in [3.05, 3.63) is 29.6 Å². The van der Waals surface area contributed by atoms with Gasteiger partial charge < -0.3 is 21.1 Å². The van der Waals surface area contributed by atoms with Crippen LogP contribution in [0.3, 0.4) is 0 Å². The molecule has 1 rings (SSSR count). The second kappa shape index (κ2) is 10.6. The van der Waals surface area contributed by atoms with E-state index in [0.29, 0.717) is 17.7 Å². The van der Waals surface area contributed by atoms with E-state index in [2.05, 4.69) is 10.6 Å². The summed E-state index contributed by atoms with van der Waals surface area (Å²) in [5.41, 5.74) is 6.25. The highest BCUT2D eigenvalue weighted by atomic mass is 19.1. The van der Waals surface area contributed by atoms with Gasteiger partial charge in [0.15, 0.2) is 0 Å². The number of rotatable bonds is 10. The zero-order valence-corrected chi connectivity index (χ0v) is 16.2. The lowest BCUT2D eigenvalue weighted by Crippen LogP contribution is -2.51. The molecule has 4 N–H and O–H groups in total. The summed E-state index contributed by atoms with van der Waals surface area (Å²) >= 11 is 0. The highest BCUT2D eigenvalue weighted by Gasteiger charge is 2.27. The minimum Gasteiger partial charge on any atom is -0.497 e. The Hall–Kier alpha value is -2.48. The average molecular weight is 381 g/mol. The number of ether oxygens (including phenoxy) is 1. The lowest BCUT2D eigenvalue weighted by atomic mass is 10.0. The minimum atomic E-state index is -0.960. The molecule has 1 aromatic carbocycles. The number of carbonyl (C=O) groups is 3. The normalized spacial score (nSPS) is 13.0. The second-order valence-corrected chi connectivity index (χ2v) is 6.75. The topological polar surface area (TPSA) is 111 Å². The third-order valence-corrected chi connectivity index (χ3v) is 3.95. The molecular formula is C19H28FN3O4. The third-order valence-electron chi connectivity index (χ3n) is 3.95. The van der Waals surface area contributed by atoms with Crippen molar-refractivity contribution in [1.29, 1.82) is 0 Å². The van der Waals surface area contributed by atoms with Gasteiger partial charge >= 0.3 is 0 Å². The van der Waals surface area contributed by atoms with Crippen LogP contribution in [0.15, 0.2) is 18.2 Å². The van der Waals surface area contributed by atoms with Crippen molar-refractivity contribution >= 4 is 17.6 Å². The third kappa shape index (κ3) is 7.34. The number of Topliss-reactive ketones (excluding diaryl/α,β-unsaturated/α-hetero) is 1. The van der Waals surface area contributed by atoms with Gasteiger partial charge in [-0.25, -0.2) is 4.39 Å². The quantitative estimate of drug-likeness (QED) is 0.529. The van der Waals surface area contributed by atoms with E-state index < -0.39 is 35.5 Å². The van der Waals surface area contributed by atoms with Gasteiger partial charge in [-0.3, -0.25) is 14.4 Å². The number of nitrogens with one attached hydrogen (secondary N) is 2. The molecule has 0 bridgehead atoms. The number of benzene rings is 1. The van der Waals surface area contributed by atoms with Gasteiger partial charge in [0.2, 0.25) is 11.7 Å². The molecule has 0 spiro atoms. The number of carbonyl (C=O) groups excluding carboxylic acids is 3. The first kappa shape index (κ1) is 22.6. The van der Waals surface area contributed by atoms with E-state index >= 15 is 0 Å². The smallest absolute Gasteiger partial charge is 0.289 e. The fourth-order valence-corrected chi connectivity index (χ4v) is 2.52. The number of hydrogen-bond donors (Lipinski definition) is 3. The van der Waals surface area contributed by atoms with Crippen LogP contribution in [0.2, 0.25) is 0 Å². The molecule has 0 radical (unpaired) electrons. The number of ketones is 1. The van der Waals surface area contributed by atoms with Crippen LogP contribution in [0.5, 0.6) is 5.75 Å². The van der Waals surface area contributed by atoms with E-state index in [-0.39, 0.29) is 18.9 Å². The van der Waals surface area contributed by atoms with Crippen LogP contribution in [0.25, 0.3) is 0 Å². The van der Waals surface area contributed by atoms with E-state index in [4.69, 9.17) is 10.5 Å². The summed E-state index contributed by atoms with van der Waals surface area (Å²) in [5.74, 6) is -2.07. The average Bonchev–Trinajstić information content (AvgIpc) is 2.62. The molecule has 0 aliphatic heterocycles. The van der Waals surface area contributed by atoms with Crippen molar-refractivity contribution < 1.29 is 23.5 Å². The van der Waals surface area contributed by atoms with Crippen LogP contribution < -0.4 is 21.1 Å². The van der Waals surface area contributed by atoms with E-state index in [1.807, 2.05) is 13.8 Å². The van der Waals surface area contributed by atoms with E-state index in [1.54, 1.807) is 13.0 Å². The maximum Gasteiger partial charge on any atom is 0.289 e. The molecule has 2 amide bonds. The Kier molecular flexibility index (Phi) is 8.87. The molecule has 0 heterocycles. The summed E-state index contributed by atoms with van der Waals surface area (Å²) in [7, 11) is 1.40. The zero-order chi connectivity index (χ0) is 20.6. The van der Waals surface area contributed by atoms with E-state index in [9.17, 15) is 18.8 Å². The number of nitrogens with two attached hydrogens (primary N) is 1. The molecule has 2 atom stereocenters. The number of methoxy groups -OCH3 is 1. The Morgan fingerprint density at radius 1 is 1.22 bits per heavy atom. The molecule has 1 aromatic rings. The molecule has 0 saturated carbocycles. The molecule has 7 nitrogen and oxygen atoms in total. The summed E-state index contributed by atoms with van der Waals surface area (Å²) in [4.78, 5) is 36.5. The summed E-state index contributed by atoms with van der Waals surface area (Å²) in [6, 6.07) is 2.29. The largest absolute Gasteiger partial charge is 0.497 e. The molecular weight excluding hydrogens is 353 g/mol. The standard InChI is InChI=1S/C19H28FN3O4/c1-5-16(23-18(25)15(21)6-11(2)3)17(24)19(26)22-10-12-7-13(20)9-14(8-12)27-4/h7-9,11,15-16H,5-6,10,21H2,1-4H3,(H,22,26)(H,23,25)/t15-,16?/m0/s1. The minimum absolute atomic E-state index is 0.0457. The first-order chi connectivity index (χ1) is 12.7. The number of amides is 2. The van der Waals surface area contributed by atoms with Crippen molar-refractivity contribution in [3.63, 3.8) is 0 Å². The molecule has 27 heavy (non-hydrogen) atoms. The summed E-state index contributed by atoms with van der Waals surface area (Å²) < 4.78 is 18.4. The molecule has 1 unspecified atom stereocenters. The van der Waals surface area contributed by atoms with Crippen LogP contribution >= 0.6 is 0 Å². The van der Waals surface area contributed by atoms with Gasteiger partial charge in [-0.1, -0.05) is 20.8 Å². The Morgan fingerprint density at radius 3 is 2.44 bits per heavy atom. The molecule has 8 heteroatoms. The van der Waals surface area contributed by atoms with Crippen LogP contribution in [-0.4, -0.2) is 36.8 Å². The van der Waals surface area contributed by atoms with Crippen LogP contribution in [0, 0.1) is 11.7 Å². The molecule has 0 aliphatic rings. The first-order valence-corrected chi connectivity index (χ1v) is 8.89. The zero-order valence-electron chi connectivity index (χ0n) is 16.2. The monoisotopic (exact) mass is 381 g/mol. The fraction of sp³-hybridized carbons (Fsp3) is 0.526. The van der Waals surface area contributed by atoms with Gasteiger partial charge in [0.25, 0.3) is 5.91 Å².